The minimum Gasteiger partial charge on any atom is -0.493 e. The van der Waals surface area contributed by atoms with Crippen molar-refractivity contribution in [2.45, 2.75) is 4.90 Å². The number of fused-ring (bicyclic) bond motifs is 2. The Kier molecular flexibility index (Phi) is 6.46. The number of nitrogen functional groups attached to an aromatic ring is 1. The maximum Gasteiger partial charge on any atom is 0.261 e. The fraction of sp³-hybridized carbons (Fsp3) is 0.115. The van der Waals surface area contributed by atoms with Gasteiger partial charge in [-0.05, 0) is 36.4 Å². The molecule has 1 amide bonds. The molecular formula is C26H24N6O6S. The molecule has 0 radical (unpaired) electrons. The molecule has 0 bridgehead atoms. The topological polar surface area (TPSA) is 174 Å². The van der Waals surface area contributed by atoms with Crippen LogP contribution in [-0.2, 0) is 10.0 Å². The van der Waals surface area contributed by atoms with Gasteiger partial charge in [0.05, 0.1) is 37.3 Å². The summed E-state index contributed by atoms with van der Waals surface area (Å²) in [5, 5.41) is 8.07. The fourth-order valence-corrected chi connectivity index (χ4v) is 4.79. The second-order valence-corrected chi connectivity index (χ2v) is 9.95. The first kappa shape index (κ1) is 25.8. The van der Waals surface area contributed by atoms with Crippen molar-refractivity contribution in [3.05, 3.63) is 66.2 Å². The summed E-state index contributed by atoms with van der Waals surface area (Å²) in [5.74, 6) is 0.561. The lowest BCUT2D eigenvalue weighted by atomic mass is 10.2. The van der Waals surface area contributed by atoms with Crippen LogP contribution >= 0.6 is 0 Å². The molecule has 0 aliphatic heterocycles. The Hall–Kier alpha value is -4.88. The molecule has 200 valence electrons. The van der Waals surface area contributed by atoms with Crippen molar-refractivity contribution in [2.24, 2.45) is 5.14 Å². The predicted molar refractivity (Wildman–Crippen MR) is 146 cm³/mol. The Balaban J connectivity index is 1.69. The van der Waals surface area contributed by atoms with Crippen LogP contribution in [0.15, 0.2) is 65.6 Å². The van der Waals surface area contributed by atoms with Gasteiger partial charge in [0, 0.05) is 23.5 Å². The number of nitrogens with two attached hydrogens (primary N) is 2. The molecule has 0 atom stereocenters. The van der Waals surface area contributed by atoms with Crippen molar-refractivity contribution in [2.75, 3.05) is 32.4 Å². The SMILES string of the molecule is COc1cc(NC(=O)c2c(N)n(-c3ccc(S(N)(=O)=O)cc3)c3nc4ccccc4nc23)cc(OC)c1OC. The molecule has 0 aliphatic carbocycles. The van der Waals surface area contributed by atoms with E-state index in [-0.39, 0.29) is 21.8 Å². The van der Waals surface area contributed by atoms with Crippen molar-refractivity contribution in [1.29, 1.82) is 0 Å². The van der Waals surface area contributed by atoms with Crippen LogP contribution in [0.3, 0.4) is 0 Å². The van der Waals surface area contributed by atoms with E-state index in [9.17, 15) is 13.2 Å². The average molecular weight is 549 g/mol. The first-order valence-electron chi connectivity index (χ1n) is 11.5. The number of amides is 1. The fourth-order valence-electron chi connectivity index (χ4n) is 4.28. The number of ether oxygens (including phenoxy) is 3. The van der Waals surface area contributed by atoms with Gasteiger partial charge >= 0.3 is 0 Å². The second kappa shape index (κ2) is 9.78. The molecule has 13 heteroatoms. The molecule has 5 rings (SSSR count). The highest BCUT2D eigenvalue weighted by Crippen LogP contribution is 2.40. The number of anilines is 2. The Bertz CT molecular complexity index is 1830. The number of carbonyl (C=O) groups excluding carboxylic acids is 1. The number of para-hydroxylation sites is 2. The highest BCUT2D eigenvalue weighted by molar-refractivity contribution is 7.89. The predicted octanol–water partition coefficient (Wildman–Crippen LogP) is 3.08. The number of primary sulfonamides is 1. The molecule has 0 aliphatic rings. The van der Waals surface area contributed by atoms with E-state index in [2.05, 4.69) is 10.3 Å². The summed E-state index contributed by atoms with van der Waals surface area (Å²) in [5.41, 5.74) is 9.17. The van der Waals surface area contributed by atoms with Gasteiger partial charge in [-0.3, -0.25) is 9.36 Å². The summed E-state index contributed by atoms with van der Waals surface area (Å²) in [6.07, 6.45) is 0. The molecule has 5 aromatic rings. The maximum absolute atomic E-state index is 13.7. The van der Waals surface area contributed by atoms with Crippen LogP contribution in [0.25, 0.3) is 27.9 Å². The normalized spacial score (nSPS) is 11.5. The standard InChI is InChI=1S/C26H24N6O6S/c1-36-19-12-14(13-20(37-2)23(19)38-3)29-26(33)21-22-25(31-18-7-5-4-6-17(18)30-22)32(24(21)27)15-8-10-16(11-9-15)39(28,34)35/h4-13H,27H2,1-3H3,(H,29,33)(H2,28,34,35). The molecule has 0 fully saturated rings. The molecule has 0 unspecified atom stereocenters. The minimum absolute atomic E-state index is 0.0496. The number of hydrogen-bond donors (Lipinski definition) is 3. The van der Waals surface area contributed by atoms with Gasteiger partial charge in [0.1, 0.15) is 16.9 Å². The lowest BCUT2D eigenvalue weighted by Gasteiger charge is -2.14. The van der Waals surface area contributed by atoms with Crippen molar-refractivity contribution >= 4 is 49.6 Å². The molecule has 0 spiro atoms. The third-order valence-corrected chi connectivity index (χ3v) is 7.00. The van der Waals surface area contributed by atoms with Crippen molar-refractivity contribution in [3.8, 4) is 22.9 Å². The zero-order valence-electron chi connectivity index (χ0n) is 21.1. The van der Waals surface area contributed by atoms with E-state index < -0.39 is 15.9 Å². The smallest absolute Gasteiger partial charge is 0.261 e. The number of carbonyl (C=O) groups is 1. The highest BCUT2D eigenvalue weighted by atomic mass is 32.2. The largest absolute Gasteiger partial charge is 0.493 e. The van der Waals surface area contributed by atoms with Crippen LogP contribution in [0.2, 0.25) is 0 Å². The van der Waals surface area contributed by atoms with Crippen molar-refractivity contribution in [1.82, 2.24) is 14.5 Å². The van der Waals surface area contributed by atoms with Crippen LogP contribution in [0.4, 0.5) is 11.5 Å². The number of hydrogen-bond acceptors (Lipinski definition) is 9. The molecule has 3 aromatic carbocycles. The van der Waals surface area contributed by atoms with Gasteiger partial charge in [0.25, 0.3) is 5.91 Å². The van der Waals surface area contributed by atoms with Gasteiger partial charge in [-0.15, -0.1) is 0 Å². The van der Waals surface area contributed by atoms with Gasteiger partial charge in [0.15, 0.2) is 17.1 Å². The van der Waals surface area contributed by atoms with Gasteiger partial charge in [-0.25, -0.2) is 23.5 Å². The van der Waals surface area contributed by atoms with E-state index in [0.717, 1.165) is 0 Å². The molecule has 12 nitrogen and oxygen atoms in total. The summed E-state index contributed by atoms with van der Waals surface area (Å²) in [7, 11) is 0.511. The van der Waals surface area contributed by atoms with Gasteiger partial charge < -0.3 is 25.3 Å². The maximum atomic E-state index is 13.7. The van der Waals surface area contributed by atoms with Crippen molar-refractivity contribution in [3.63, 3.8) is 0 Å². The lowest BCUT2D eigenvalue weighted by molar-refractivity contribution is 0.102. The average Bonchev–Trinajstić information content (AvgIpc) is 3.21. The first-order valence-corrected chi connectivity index (χ1v) is 13.0. The molecule has 2 aromatic heterocycles. The Morgan fingerprint density at radius 3 is 2.03 bits per heavy atom. The summed E-state index contributed by atoms with van der Waals surface area (Å²) in [6, 6.07) is 16.1. The van der Waals surface area contributed by atoms with Gasteiger partial charge in [-0.2, -0.15) is 0 Å². The monoisotopic (exact) mass is 548 g/mol. The summed E-state index contributed by atoms with van der Waals surface area (Å²) < 4.78 is 41.2. The molecule has 0 saturated heterocycles. The van der Waals surface area contributed by atoms with Crippen LogP contribution in [0.5, 0.6) is 17.2 Å². The van der Waals surface area contributed by atoms with E-state index in [1.807, 2.05) is 12.1 Å². The lowest BCUT2D eigenvalue weighted by Crippen LogP contribution is -2.15. The van der Waals surface area contributed by atoms with Crippen LogP contribution in [0, 0.1) is 0 Å². The number of nitrogens with one attached hydrogen (secondary N) is 1. The number of rotatable bonds is 7. The van der Waals surface area contributed by atoms with Crippen molar-refractivity contribution < 1.29 is 27.4 Å². The zero-order valence-corrected chi connectivity index (χ0v) is 21.9. The number of methoxy groups -OCH3 is 3. The minimum atomic E-state index is -3.90. The number of nitrogens with zero attached hydrogens (tertiary/aromatic N) is 3. The van der Waals surface area contributed by atoms with E-state index in [1.165, 1.54) is 50.2 Å². The quantitative estimate of drug-likeness (QED) is 0.276. The molecular weight excluding hydrogens is 524 g/mol. The molecule has 5 N–H and O–H groups in total. The van der Waals surface area contributed by atoms with Gasteiger partial charge in [-0.1, -0.05) is 12.1 Å². The first-order chi connectivity index (χ1) is 18.7. The third kappa shape index (κ3) is 4.53. The Labute approximate surface area is 223 Å². The molecule has 0 saturated carbocycles. The summed E-state index contributed by atoms with van der Waals surface area (Å²) in [4.78, 5) is 23.0. The van der Waals surface area contributed by atoms with Gasteiger partial charge in [0.2, 0.25) is 15.8 Å². The van der Waals surface area contributed by atoms with Crippen LogP contribution < -0.4 is 30.4 Å². The summed E-state index contributed by atoms with van der Waals surface area (Å²) >= 11 is 0. The number of aromatic nitrogens is 3. The van der Waals surface area contributed by atoms with E-state index >= 15 is 0 Å². The highest BCUT2D eigenvalue weighted by Gasteiger charge is 2.26. The second-order valence-electron chi connectivity index (χ2n) is 8.39. The third-order valence-electron chi connectivity index (χ3n) is 6.07. The Morgan fingerprint density at radius 1 is 0.897 bits per heavy atom. The molecule has 39 heavy (non-hydrogen) atoms. The van der Waals surface area contributed by atoms with E-state index in [4.69, 9.17) is 30.1 Å². The van der Waals surface area contributed by atoms with E-state index in [0.29, 0.717) is 45.3 Å². The number of benzene rings is 3. The van der Waals surface area contributed by atoms with Crippen LogP contribution in [-0.4, -0.2) is 50.2 Å². The van der Waals surface area contributed by atoms with E-state index in [1.54, 1.807) is 24.3 Å². The van der Waals surface area contributed by atoms with Crippen LogP contribution in [0.1, 0.15) is 10.4 Å². The molecule has 2 heterocycles. The summed E-state index contributed by atoms with van der Waals surface area (Å²) in [6.45, 7) is 0. The number of sulfonamides is 1. The Morgan fingerprint density at radius 2 is 1.49 bits per heavy atom. The zero-order chi connectivity index (χ0) is 27.9.